The van der Waals surface area contributed by atoms with Crippen LogP contribution in [0.3, 0.4) is 0 Å². The van der Waals surface area contributed by atoms with Crippen molar-refractivity contribution in [2.45, 2.75) is 46.6 Å². The van der Waals surface area contributed by atoms with Crippen molar-refractivity contribution >= 4 is 17.1 Å². The van der Waals surface area contributed by atoms with E-state index in [9.17, 15) is 8.78 Å². The number of hydrogen-bond donors (Lipinski definition) is 0. The van der Waals surface area contributed by atoms with Gasteiger partial charge in [0.15, 0.2) is 0 Å². The molecular weight excluding hydrogens is 402 g/mol. The van der Waals surface area contributed by atoms with Crippen molar-refractivity contribution in [1.29, 1.82) is 0 Å². The molecule has 0 amide bonds. The van der Waals surface area contributed by atoms with Crippen LogP contribution in [0.25, 0.3) is 17.1 Å². The van der Waals surface area contributed by atoms with E-state index in [1.807, 2.05) is 36.6 Å². The highest BCUT2D eigenvalue weighted by Gasteiger charge is 2.27. The van der Waals surface area contributed by atoms with Crippen LogP contribution in [-0.4, -0.2) is 9.55 Å². The summed E-state index contributed by atoms with van der Waals surface area (Å²) < 4.78 is 30.5. The van der Waals surface area contributed by atoms with Gasteiger partial charge in [0, 0.05) is 25.5 Å². The largest absolute Gasteiger partial charge is 0.323 e. The standard InChI is InChI=1S/C26H24F2N2.C2H6/c1-4-19-13-14-24-23(15-19)29-25(16-20-11-9-18(2)10-12-20)30(24)17-21-7-5-6-8-22(21)26(3,27)28;1-2/h4-15H,1,16-17H2,2-3H3;1-2H3. The topological polar surface area (TPSA) is 17.8 Å². The van der Waals surface area contributed by atoms with Crippen LogP contribution in [0.2, 0.25) is 0 Å². The fourth-order valence-electron chi connectivity index (χ4n) is 3.78. The van der Waals surface area contributed by atoms with Crippen molar-refractivity contribution in [3.05, 3.63) is 107 Å². The Morgan fingerprint density at radius 2 is 1.69 bits per heavy atom. The molecule has 0 fully saturated rings. The first-order valence-corrected chi connectivity index (χ1v) is 11.0. The third-order valence-electron chi connectivity index (χ3n) is 5.39. The summed E-state index contributed by atoms with van der Waals surface area (Å²) in [6.45, 7) is 11.2. The third-order valence-corrected chi connectivity index (χ3v) is 5.39. The zero-order chi connectivity index (χ0) is 23.3. The summed E-state index contributed by atoms with van der Waals surface area (Å²) in [6, 6.07) is 21.0. The van der Waals surface area contributed by atoms with Gasteiger partial charge in [0.2, 0.25) is 0 Å². The van der Waals surface area contributed by atoms with Crippen molar-refractivity contribution in [2.75, 3.05) is 0 Å². The second kappa shape index (κ2) is 9.90. The van der Waals surface area contributed by atoms with Gasteiger partial charge < -0.3 is 4.57 Å². The summed E-state index contributed by atoms with van der Waals surface area (Å²) in [4.78, 5) is 4.85. The summed E-state index contributed by atoms with van der Waals surface area (Å²) in [6.07, 6.45) is 2.41. The number of hydrogen-bond acceptors (Lipinski definition) is 1. The number of nitrogens with zero attached hydrogens (tertiary/aromatic N) is 2. The first kappa shape index (κ1) is 23.4. The molecule has 32 heavy (non-hydrogen) atoms. The fourth-order valence-corrected chi connectivity index (χ4v) is 3.78. The molecule has 4 rings (SSSR count). The zero-order valence-corrected chi connectivity index (χ0v) is 19.2. The van der Waals surface area contributed by atoms with Gasteiger partial charge in [-0.15, -0.1) is 0 Å². The van der Waals surface area contributed by atoms with Crippen LogP contribution in [0.1, 0.15) is 54.4 Å². The Morgan fingerprint density at radius 3 is 2.34 bits per heavy atom. The lowest BCUT2D eigenvalue weighted by Gasteiger charge is -2.17. The molecule has 166 valence electrons. The molecule has 3 aromatic carbocycles. The normalized spacial score (nSPS) is 11.2. The average molecular weight is 433 g/mol. The van der Waals surface area contributed by atoms with Gasteiger partial charge in [0.05, 0.1) is 11.0 Å². The lowest BCUT2D eigenvalue weighted by atomic mass is 10.0. The molecular formula is C28H30F2N2. The molecule has 1 heterocycles. The summed E-state index contributed by atoms with van der Waals surface area (Å²) in [5.41, 5.74) is 5.73. The first-order chi connectivity index (χ1) is 15.3. The Hall–Kier alpha value is -3.27. The van der Waals surface area contributed by atoms with Crippen molar-refractivity contribution in [1.82, 2.24) is 9.55 Å². The Balaban J connectivity index is 0.00000141. The van der Waals surface area contributed by atoms with E-state index in [1.54, 1.807) is 24.3 Å². The number of aromatic nitrogens is 2. The number of aryl methyl sites for hydroxylation is 1. The number of imidazole rings is 1. The molecule has 0 spiro atoms. The van der Waals surface area contributed by atoms with Crippen LogP contribution in [0.15, 0.2) is 73.3 Å². The quantitative estimate of drug-likeness (QED) is 0.304. The van der Waals surface area contributed by atoms with E-state index in [4.69, 9.17) is 4.98 Å². The highest BCUT2D eigenvalue weighted by atomic mass is 19.3. The molecule has 0 aliphatic heterocycles. The van der Waals surface area contributed by atoms with E-state index in [-0.39, 0.29) is 5.56 Å². The van der Waals surface area contributed by atoms with E-state index in [2.05, 4.69) is 37.8 Å². The Morgan fingerprint density at radius 1 is 1.00 bits per heavy atom. The smallest absolute Gasteiger partial charge is 0.270 e. The molecule has 0 radical (unpaired) electrons. The van der Waals surface area contributed by atoms with Gasteiger partial charge in [-0.1, -0.05) is 86.7 Å². The minimum absolute atomic E-state index is 0.0517. The SMILES string of the molecule is C=Cc1ccc2c(c1)nc(Cc1ccc(C)cc1)n2Cc1ccccc1C(C)(F)F.CC. The number of alkyl halides is 2. The van der Waals surface area contributed by atoms with E-state index >= 15 is 0 Å². The average Bonchev–Trinajstić information content (AvgIpc) is 3.12. The van der Waals surface area contributed by atoms with Crippen LogP contribution in [0, 0.1) is 6.92 Å². The van der Waals surface area contributed by atoms with Gasteiger partial charge in [-0.05, 0) is 35.7 Å². The predicted molar refractivity (Wildman–Crippen MR) is 130 cm³/mol. The van der Waals surface area contributed by atoms with Gasteiger partial charge in [0.25, 0.3) is 5.92 Å². The van der Waals surface area contributed by atoms with Gasteiger partial charge in [0.1, 0.15) is 5.82 Å². The van der Waals surface area contributed by atoms with Crippen molar-refractivity contribution < 1.29 is 8.78 Å². The molecule has 0 saturated carbocycles. The molecule has 0 bridgehead atoms. The fraction of sp³-hybridized carbons (Fsp3) is 0.250. The van der Waals surface area contributed by atoms with Crippen LogP contribution in [-0.2, 0) is 18.9 Å². The number of rotatable bonds is 6. The molecule has 4 aromatic rings. The minimum atomic E-state index is -2.90. The van der Waals surface area contributed by atoms with Crippen LogP contribution < -0.4 is 0 Å². The maximum absolute atomic E-state index is 14.2. The lowest BCUT2D eigenvalue weighted by molar-refractivity contribution is 0.0164. The van der Waals surface area contributed by atoms with Crippen LogP contribution in [0.4, 0.5) is 8.78 Å². The Kier molecular flexibility index (Phi) is 7.24. The minimum Gasteiger partial charge on any atom is -0.323 e. The summed E-state index contributed by atoms with van der Waals surface area (Å²) in [5, 5.41) is 0. The number of benzene rings is 3. The molecule has 4 heteroatoms. The lowest BCUT2D eigenvalue weighted by Crippen LogP contribution is -2.14. The Bertz CT molecular complexity index is 1200. The third kappa shape index (κ3) is 5.13. The first-order valence-electron chi connectivity index (χ1n) is 11.0. The second-order valence-electron chi connectivity index (χ2n) is 7.77. The van der Waals surface area contributed by atoms with Crippen molar-refractivity contribution in [3.63, 3.8) is 0 Å². The highest BCUT2D eigenvalue weighted by Crippen LogP contribution is 2.31. The van der Waals surface area contributed by atoms with Crippen LogP contribution in [0.5, 0.6) is 0 Å². The monoisotopic (exact) mass is 432 g/mol. The molecule has 0 atom stereocenters. The van der Waals surface area contributed by atoms with Gasteiger partial charge in [-0.3, -0.25) is 0 Å². The number of halogens is 2. The van der Waals surface area contributed by atoms with E-state index < -0.39 is 5.92 Å². The van der Waals surface area contributed by atoms with Gasteiger partial charge in [-0.25, -0.2) is 13.8 Å². The molecule has 0 aliphatic rings. The predicted octanol–water partition coefficient (Wildman–Crippen LogP) is 7.76. The molecule has 0 aliphatic carbocycles. The maximum atomic E-state index is 14.2. The van der Waals surface area contributed by atoms with Crippen molar-refractivity contribution in [3.8, 4) is 0 Å². The second-order valence-corrected chi connectivity index (χ2v) is 7.77. The van der Waals surface area contributed by atoms with Gasteiger partial charge >= 0.3 is 0 Å². The summed E-state index contributed by atoms with van der Waals surface area (Å²) in [7, 11) is 0. The highest BCUT2D eigenvalue weighted by molar-refractivity contribution is 5.79. The number of fused-ring (bicyclic) bond motifs is 1. The molecule has 1 aromatic heterocycles. The molecule has 2 nitrogen and oxygen atoms in total. The van der Waals surface area contributed by atoms with E-state index in [0.717, 1.165) is 34.9 Å². The molecule has 0 unspecified atom stereocenters. The zero-order valence-electron chi connectivity index (χ0n) is 19.2. The molecule has 0 saturated heterocycles. The van der Waals surface area contributed by atoms with Crippen LogP contribution >= 0.6 is 0 Å². The van der Waals surface area contributed by atoms with Gasteiger partial charge in [-0.2, -0.15) is 0 Å². The summed E-state index contributed by atoms with van der Waals surface area (Å²) >= 11 is 0. The maximum Gasteiger partial charge on any atom is 0.270 e. The Labute approximate surface area is 189 Å². The van der Waals surface area contributed by atoms with Crippen molar-refractivity contribution in [2.24, 2.45) is 0 Å². The molecule has 0 N–H and O–H groups in total. The van der Waals surface area contributed by atoms with E-state index in [0.29, 0.717) is 18.5 Å². The van der Waals surface area contributed by atoms with E-state index in [1.165, 1.54) is 11.6 Å². The summed E-state index contributed by atoms with van der Waals surface area (Å²) in [5.74, 6) is -2.05.